The third-order valence-electron chi connectivity index (χ3n) is 5.50. The fourth-order valence-corrected chi connectivity index (χ4v) is 3.66. The van der Waals surface area contributed by atoms with E-state index in [1.54, 1.807) is 37.3 Å². The van der Waals surface area contributed by atoms with Gasteiger partial charge in [-0.3, -0.25) is 9.59 Å². The van der Waals surface area contributed by atoms with Crippen LogP contribution in [0.4, 0.5) is 0 Å². The highest BCUT2D eigenvalue weighted by atomic mass is 16.5. The zero-order valence-corrected chi connectivity index (χ0v) is 17.0. The molecule has 2 aromatic rings. The molecule has 2 aromatic carbocycles. The first-order valence-electron chi connectivity index (χ1n) is 9.57. The number of likely N-dealkylation sites (tertiary alicyclic amines) is 1. The smallest absolute Gasteiger partial charge is 0.253 e. The molecule has 0 radical (unpaired) electrons. The summed E-state index contributed by atoms with van der Waals surface area (Å²) in [5.74, 6) is 0.954. The number of hydrogen-bond donors (Lipinski definition) is 0. The van der Waals surface area contributed by atoms with E-state index < -0.39 is 0 Å². The van der Waals surface area contributed by atoms with Gasteiger partial charge in [-0.15, -0.1) is 0 Å². The first-order chi connectivity index (χ1) is 13.4. The number of carbonyl (C=O) groups is 2. The van der Waals surface area contributed by atoms with Crippen molar-refractivity contribution in [2.45, 2.75) is 26.7 Å². The lowest BCUT2D eigenvalue weighted by atomic mass is 9.89. The first-order valence-corrected chi connectivity index (χ1v) is 9.57. The van der Waals surface area contributed by atoms with Crippen LogP contribution in [0, 0.1) is 19.8 Å². The van der Waals surface area contributed by atoms with Crippen molar-refractivity contribution in [3.63, 3.8) is 0 Å². The van der Waals surface area contributed by atoms with Crippen LogP contribution in [0.1, 0.15) is 44.7 Å². The topological polar surface area (TPSA) is 55.8 Å². The number of aryl methyl sites for hydroxylation is 2. The fraction of sp³-hybridized carbons (Fsp3) is 0.391. The second-order valence-corrected chi connectivity index (χ2v) is 7.32. The van der Waals surface area contributed by atoms with Crippen LogP contribution in [-0.2, 0) is 0 Å². The summed E-state index contributed by atoms with van der Waals surface area (Å²) in [4.78, 5) is 27.8. The van der Waals surface area contributed by atoms with Gasteiger partial charge in [0, 0.05) is 30.1 Å². The van der Waals surface area contributed by atoms with E-state index in [0.717, 1.165) is 24.0 Å². The summed E-state index contributed by atoms with van der Waals surface area (Å²) in [5, 5.41) is 0. The predicted octanol–water partition coefficient (Wildman–Crippen LogP) is 4.06. The number of nitrogens with zero attached hydrogens (tertiary/aromatic N) is 1. The summed E-state index contributed by atoms with van der Waals surface area (Å²) < 4.78 is 10.6. The van der Waals surface area contributed by atoms with Gasteiger partial charge in [-0.2, -0.15) is 0 Å². The average Bonchev–Trinajstić information content (AvgIpc) is 2.74. The van der Waals surface area contributed by atoms with Crippen LogP contribution in [0.2, 0.25) is 0 Å². The van der Waals surface area contributed by atoms with Crippen LogP contribution in [0.3, 0.4) is 0 Å². The molecule has 5 nitrogen and oxygen atoms in total. The second-order valence-electron chi connectivity index (χ2n) is 7.32. The summed E-state index contributed by atoms with van der Waals surface area (Å²) in [5.41, 5.74) is 3.53. The lowest BCUT2D eigenvalue weighted by molar-refractivity contribution is 0.0636. The fourth-order valence-electron chi connectivity index (χ4n) is 3.66. The maximum Gasteiger partial charge on any atom is 0.253 e. The van der Waals surface area contributed by atoms with E-state index in [1.807, 2.05) is 32.0 Å². The van der Waals surface area contributed by atoms with Crippen LogP contribution in [-0.4, -0.2) is 43.9 Å². The van der Waals surface area contributed by atoms with Crippen molar-refractivity contribution >= 4 is 11.7 Å². The lowest BCUT2D eigenvalue weighted by Crippen LogP contribution is -2.42. The monoisotopic (exact) mass is 381 g/mol. The largest absolute Gasteiger partial charge is 0.493 e. The minimum Gasteiger partial charge on any atom is -0.493 e. The maximum atomic E-state index is 13.0. The molecule has 1 saturated heterocycles. The Balaban J connectivity index is 1.76. The van der Waals surface area contributed by atoms with E-state index in [9.17, 15) is 9.59 Å². The number of hydrogen-bond acceptors (Lipinski definition) is 4. The minimum absolute atomic E-state index is 0.00656. The van der Waals surface area contributed by atoms with Crippen LogP contribution in [0.15, 0.2) is 36.4 Å². The van der Waals surface area contributed by atoms with Crippen molar-refractivity contribution in [3.8, 4) is 11.5 Å². The number of Topliss-reactive ketones (excluding diaryl/α,β-unsaturated/α-hetero) is 1. The molecule has 1 aliphatic heterocycles. The Morgan fingerprint density at radius 2 is 1.64 bits per heavy atom. The zero-order valence-electron chi connectivity index (χ0n) is 17.0. The van der Waals surface area contributed by atoms with E-state index in [0.29, 0.717) is 35.7 Å². The highest BCUT2D eigenvalue weighted by Crippen LogP contribution is 2.30. The molecule has 148 valence electrons. The maximum absolute atomic E-state index is 13.0. The highest BCUT2D eigenvalue weighted by Gasteiger charge is 2.30. The second kappa shape index (κ2) is 8.46. The van der Waals surface area contributed by atoms with Gasteiger partial charge in [-0.25, -0.2) is 0 Å². The molecule has 0 bridgehead atoms. The molecular weight excluding hydrogens is 354 g/mol. The van der Waals surface area contributed by atoms with Gasteiger partial charge in [-0.05, 0) is 68.1 Å². The van der Waals surface area contributed by atoms with Crippen molar-refractivity contribution < 1.29 is 19.1 Å². The van der Waals surface area contributed by atoms with Crippen LogP contribution < -0.4 is 9.47 Å². The molecule has 0 aromatic heterocycles. The lowest BCUT2D eigenvalue weighted by Gasteiger charge is -2.32. The molecule has 0 aliphatic carbocycles. The first kappa shape index (κ1) is 19.9. The minimum atomic E-state index is -0.206. The number of ether oxygens (including phenoxy) is 2. The Morgan fingerprint density at radius 1 is 0.929 bits per heavy atom. The number of rotatable bonds is 5. The van der Waals surface area contributed by atoms with Crippen molar-refractivity contribution in [1.82, 2.24) is 4.90 Å². The Kier molecular flexibility index (Phi) is 6.02. The summed E-state index contributed by atoms with van der Waals surface area (Å²) in [6, 6.07) is 11.0. The number of carbonyl (C=O) groups excluding carboxylic acids is 2. The van der Waals surface area contributed by atoms with Crippen molar-refractivity contribution in [2.24, 2.45) is 5.92 Å². The summed E-state index contributed by atoms with van der Waals surface area (Å²) in [7, 11) is 3.12. The Morgan fingerprint density at radius 3 is 2.32 bits per heavy atom. The van der Waals surface area contributed by atoms with Gasteiger partial charge in [0.1, 0.15) is 0 Å². The van der Waals surface area contributed by atoms with Crippen molar-refractivity contribution in [3.05, 3.63) is 58.7 Å². The van der Waals surface area contributed by atoms with Gasteiger partial charge in [0.25, 0.3) is 5.91 Å². The number of amides is 1. The standard InChI is InChI=1S/C23H27NO4/c1-15-7-8-18(12-16(15)2)23(26)24-11-5-6-19(14-24)22(25)17-9-10-20(27-3)21(13-17)28-4/h7-10,12-13,19H,5-6,11,14H2,1-4H3. The van der Waals surface area contributed by atoms with Crippen LogP contribution in [0.5, 0.6) is 11.5 Å². The van der Waals surface area contributed by atoms with Gasteiger partial charge in [-0.1, -0.05) is 6.07 Å². The summed E-state index contributed by atoms with van der Waals surface area (Å²) >= 11 is 0. The average molecular weight is 381 g/mol. The molecule has 1 atom stereocenters. The molecule has 3 rings (SSSR count). The van der Waals surface area contributed by atoms with Crippen molar-refractivity contribution in [1.29, 1.82) is 0 Å². The van der Waals surface area contributed by atoms with E-state index in [-0.39, 0.29) is 17.6 Å². The molecule has 1 heterocycles. The van der Waals surface area contributed by atoms with E-state index in [4.69, 9.17) is 9.47 Å². The molecule has 0 saturated carbocycles. The van der Waals surface area contributed by atoms with E-state index in [1.165, 1.54) is 0 Å². The van der Waals surface area contributed by atoms with Gasteiger partial charge in [0.15, 0.2) is 17.3 Å². The molecule has 0 spiro atoms. The third kappa shape index (κ3) is 4.03. The summed E-state index contributed by atoms with van der Waals surface area (Å²) in [6.45, 7) is 5.16. The molecule has 1 aliphatic rings. The molecule has 1 unspecified atom stereocenters. The van der Waals surface area contributed by atoms with Gasteiger partial charge >= 0.3 is 0 Å². The molecular formula is C23H27NO4. The van der Waals surface area contributed by atoms with E-state index in [2.05, 4.69) is 0 Å². The Labute approximate surface area is 166 Å². The quantitative estimate of drug-likeness (QED) is 0.733. The third-order valence-corrected chi connectivity index (χ3v) is 5.50. The Bertz CT molecular complexity index is 890. The van der Waals surface area contributed by atoms with E-state index >= 15 is 0 Å². The Hall–Kier alpha value is -2.82. The molecule has 1 fully saturated rings. The normalized spacial score (nSPS) is 16.6. The van der Waals surface area contributed by atoms with Crippen LogP contribution >= 0.6 is 0 Å². The van der Waals surface area contributed by atoms with Gasteiger partial charge in [0.2, 0.25) is 0 Å². The highest BCUT2D eigenvalue weighted by molar-refractivity contribution is 6.00. The zero-order chi connectivity index (χ0) is 20.3. The van der Waals surface area contributed by atoms with Crippen molar-refractivity contribution in [2.75, 3.05) is 27.3 Å². The predicted molar refractivity (Wildman–Crippen MR) is 108 cm³/mol. The molecule has 1 amide bonds. The van der Waals surface area contributed by atoms with Gasteiger partial charge in [0.05, 0.1) is 14.2 Å². The number of piperidine rings is 1. The molecule has 5 heteroatoms. The number of ketones is 1. The summed E-state index contributed by atoms with van der Waals surface area (Å²) in [6.07, 6.45) is 1.60. The molecule has 0 N–H and O–H groups in total. The number of methoxy groups -OCH3 is 2. The van der Waals surface area contributed by atoms with Gasteiger partial charge < -0.3 is 14.4 Å². The molecule has 28 heavy (non-hydrogen) atoms. The van der Waals surface area contributed by atoms with Crippen LogP contribution in [0.25, 0.3) is 0 Å². The SMILES string of the molecule is COc1ccc(C(=O)C2CCCN(C(=O)c3ccc(C)c(C)c3)C2)cc1OC. The number of benzene rings is 2.